The van der Waals surface area contributed by atoms with E-state index in [2.05, 4.69) is 16.5 Å². The van der Waals surface area contributed by atoms with Gasteiger partial charge >= 0.3 is 0 Å². The van der Waals surface area contributed by atoms with E-state index >= 15 is 0 Å². The number of rotatable bonds is 6. The summed E-state index contributed by atoms with van der Waals surface area (Å²) in [4.78, 5) is 4.49. The number of methoxy groups -OCH3 is 1. The first-order valence-electron chi connectivity index (χ1n) is 7.79. The number of benzene rings is 1. The molecule has 6 nitrogen and oxygen atoms in total. The molecule has 24 heavy (non-hydrogen) atoms. The molecule has 1 aliphatic heterocycles. The lowest BCUT2D eigenvalue weighted by Crippen LogP contribution is -2.51. The van der Waals surface area contributed by atoms with Gasteiger partial charge in [0, 0.05) is 44.4 Å². The molecule has 3 rings (SSSR count). The minimum Gasteiger partial charge on any atom is -0.495 e. The lowest BCUT2D eigenvalue weighted by Gasteiger charge is -2.38. The summed E-state index contributed by atoms with van der Waals surface area (Å²) < 4.78 is 33.9. The standard InChI is InChI=1S/C16H20ClN3O3S/c1-3-16-18-6-7-19(16)9-12-10-20(11-12)24(21,22)13-4-5-15(23-2)14(17)8-13/h4-8,12H,3,9-11H2,1-2H3. The van der Waals surface area contributed by atoms with Crippen molar-refractivity contribution in [2.45, 2.75) is 24.8 Å². The predicted octanol–water partition coefficient (Wildman–Crippen LogP) is 2.43. The van der Waals surface area contributed by atoms with Crippen LogP contribution in [-0.4, -0.2) is 42.5 Å². The molecule has 1 fully saturated rings. The van der Waals surface area contributed by atoms with Gasteiger partial charge in [-0.15, -0.1) is 0 Å². The third-order valence-corrected chi connectivity index (χ3v) is 6.38. The molecule has 0 radical (unpaired) electrons. The quantitative estimate of drug-likeness (QED) is 0.784. The van der Waals surface area contributed by atoms with E-state index in [1.165, 1.54) is 23.5 Å². The Labute approximate surface area is 147 Å². The monoisotopic (exact) mass is 369 g/mol. The zero-order chi connectivity index (χ0) is 17.3. The molecule has 0 spiro atoms. The van der Waals surface area contributed by atoms with Crippen LogP contribution in [0.4, 0.5) is 0 Å². The second-order valence-corrected chi connectivity index (χ2v) is 8.18. The van der Waals surface area contributed by atoms with E-state index in [0.29, 0.717) is 29.8 Å². The topological polar surface area (TPSA) is 64.4 Å². The number of aromatic nitrogens is 2. The Bertz CT molecular complexity index is 829. The summed E-state index contributed by atoms with van der Waals surface area (Å²) in [6, 6.07) is 4.54. The molecule has 1 saturated heterocycles. The molecule has 0 saturated carbocycles. The summed E-state index contributed by atoms with van der Waals surface area (Å²) in [5, 5.41) is 0.293. The van der Waals surface area contributed by atoms with Gasteiger partial charge in [0.05, 0.1) is 17.0 Å². The van der Waals surface area contributed by atoms with E-state index in [4.69, 9.17) is 16.3 Å². The normalized spacial score (nSPS) is 16.1. The lowest BCUT2D eigenvalue weighted by molar-refractivity contribution is 0.178. The second kappa shape index (κ2) is 6.74. The van der Waals surface area contributed by atoms with Crippen molar-refractivity contribution in [2.75, 3.05) is 20.2 Å². The molecule has 0 bridgehead atoms. The summed E-state index contributed by atoms with van der Waals surface area (Å²) in [5.74, 6) is 1.79. The Morgan fingerprint density at radius 1 is 1.38 bits per heavy atom. The molecule has 2 heterocycles. The summed E-state index contributed by atoms with van der Waals surface area (Å²) in [6.45, 7) is 3.86. The third-order valence-electron chi connectivity index (χ3n) is 4.26. The van der Waals surface area contributed by atoms with Crippen molar-refractivity contribution in [2.24, 2.45) is 5.92 Å². The largest absolute Gasteiger partial charge is 0.495 e. The van der Waals surface area contributed by atoms with E-state index in [1.54, 1.807) is 12.3 Å². The first-order valence-corrected chi connectivity index (χ1v) is 9.61. The Morgan fingerprint density at radius 2 is 2.12 bits per heavy atom. The number of halogens is 1. The molecule has 8 heteroatoms. The summed E-state index contributed by atoms with van der Waals surface area (Å²) in [5.41, 5.74) is 0. The molecule has 0 atom stereocenters. The highest BCUT2D eigenvalue weighted by molar-refractivity contribution is 7.89. The Kier molecular flexibility index (Phi) is 4.85. The molecule has 0 N–H and O–H groups in total. The van der Waals surface area contributed by atoms with Gasteiger partial charge < -0.3 is 9.30 Å². The first-order chi connectivity index (χ1) is 11.5. The maximum atomic E-state index is 12.6. The van der Waals surface area contributed by atoms with Crippen LogP contribution in [0, 0.1) is 5.92 Å². The van der Waals surface area contributed by atoms with E-state index in [1.807, 2.05) is 6.20 Å². The van der Waals surface area contributed by atoms with Crippen LogP contribution in [0.3, 0.4) is 0 Å². The SMILES string of the molecule is CCc1nccn1CC1CN(S(=O)(=O)c2ccc(OC)c(Cl)c2)C1. The molecular weight excluding hydrogens is 350 g/mol. The highest BCUT2D eigenvalue weighted by atomic mass is 35.5. The van der Waals surface area contributed by atoms with E-state index in [-0.39, 0.29) is 4.90 Å². The number of aryl methyl sites for hydroxylation is 1. The number of imidazole rings is 1. The minimum atomic E-state index is -3.51. The number of ether oxygens (including phenoxy) is 1. The van der Waals surface area contributed by atoms with Crippen LogP contribution in [-0.2, 0) is 23.0 Å². The highest BCUT2D eigenvalue weighted by Gasteiger charge is 2.37. The molecule has 0 unspecified atom stereocenters. The number of hydrogen-bond acceptors (Lipinski definition) is 4. The van der Waals surface area contributed by atoms with Crippen LogP contribution < -0.4 is 4.74 Å². The van der Waals surface area contributed by atoms with E-state index in [9.17, 15) is 8.42 Å². The van der Waals surface area contributed by atoms with Gasteiger partial charge in [0.25, 0.3) is 0 Å². The average molecular weight is 370 g/mol. The molecular formula is C16H20ClN3O3S. The average Bonchev–Trinajstić information content (AvgIpc) is 2.97. The number of nitrogens with zero attached hydrogens (tertiary/aromatic N) is 3. The summed E-state index contributed by atoms with van der Waals surface area (Å²) in [7, 11) is -2.01. The molecule has 0 aliphatic carbocycles. The summed E-state index contributed by atoms with van der Waals surface area (Å²) >= 11 is 6.04. The van der Waals surface area contributed by atoms with Crippen LogP contribution in [0.2, 0.25) is 5.02 Å². The van der Waals surface area contributed by atoms with E-state index in [0.717, 1.165) is 18.8 Å². The Balaban J connectivity index is 1.67. The molecule has 2 aromatic rings. The van der Waals surface area contributed by atoms with Crippen LogP contribution in [0.15, 0.2) is 35.5 Å². The Hall–Kier alpha value is -1.57. The van der Waals surface area contributed by atoms with Crippen molar-refractivity contribution in [1.29, 1.82) is 0 Å². The fourth-order valence-electron chi connectivity index (χ4n) is 2.89. The van der Waals surface area contributed by atoms with Crippen molar-refractivity contribution < 1.29 is 13.2 Å². The van der Waals surface area contributed by atoms with Gasteiger partial charge in [-0.3, -0.25) is 0 Å². The van der Waals surface area contributed by atoms with Gasteiger partial charge in [-0.25, -0.2) is 13.4 Å². The first kappa shape index (κ1) is 17.3. The molecule has 0 amide bonds. The maximum Gasteiger partial charge on any atom is 0.243 e. The van der Waals surface area contributed by atoms with Crippen molar-refractivity contribution in [3.05, 3.63) is 41.4 Å². The molecule has 130 valence electrons. The van der Waals surface area contributed by atoms with Crippen LogP contribution >= 0.6 is 11.6 Å². The van der Waals surface area contributed by atoms with Gasteiger partial charge in [-0.2, -0.15) is 4.31 Å². The van der Waals surface area contributed by atoms with Crippen LogP contribution in [0.25, 0.3) is 0 Å². The summed E-state index contributed by atoms with van der Waals surface area (Å²) in [6.07, 6.45) is 4.59. The highest BCUT2D eigenvalue weighted by Crippen LogP contribution is 2.31. The minimum absolute atomic E-state index is 0.198. The van der Waals surface area contributed by atoms with E-state index < -0.39 is 10.0 Å². The number of hydrogen-bond donors (Lipinski definition) is 0. The zero-order valence-corrected chi connectivity index (χ0v) is 15.2. The van der Waals surface area contributed by atoms with Crippen LogP contribution in [0.1, 0.15) is 12.7 Å². The Morgan fingerprint density at radius 3 is 2.75 bits per heavy atom. The van der Waals surface area contributed by atoms with Gasteiger partial charge in [0.15, 0.2) is 0 Å². The van der Waals surface area contributed by atoms with Crippen LogP contribution in [0.5, 0.6) is 5.75 Å². The third kappa shape index (κ3) is 3.16. The second-order valence-electron chi connectivity index (χ2n) is 5.83. The zero-order valence-electron chi connectivity index (χ0n) is 13.6. The van der Waals surface area contributed by atoms with Gasteiger partial charge in [0.1, 0.15) is 11.6 Å². The van der Waals surface area contributed by atoms with Crippen molar-refractivity contribution >= 4 is 21.6 Å². The van der Waals surface area contributed by atoms with Crippen molar-refractivity contribution in [3.8, 4) is 5.75 Å². The molecule has 1 aromatic heterocycles. The lowest BCUT2D eigenvalue weighted by atomic mass is 10.0. The van der Waals surface area contributed by atoms with Gasteiger partial charge in [-0.05, 0) is 18.2 Å². The van der Waals surface area contributed by atoms with Crippen molar-refractivity contribution in [3.63, 3.8) is 0 Å². The van der Waals surface area contributed by atoms with Gasteiger partial charge in [0.2, 0.25) is 10.0 Å². The van der Waals surface area contributed by atoms with Crippen molar-refractivity contribution in [1.82, 2.24) is 13.9 Å². The predicted molar refractivity (Wildman–Crippen MR) is 91.9 cm³/mol. The molecule has 1 aliphatic rings. The molecule has 1 aromatic carbocycles. The fraction of sp³-hybridized carbons (Fsp3) is 0.438. The number of sulfonamides is 1. The smallest absolute Gasteiger partial charge is 0.243 e. The fourth-order valence-corrected chi connectivity index (χ4v) is 4.83. The van der Waals surface area contributed by atoms with Gasteiger partial charge in [-0.1, -0.05) is 18.5 Å². The maximum absolute atomic E-state index is 12.6.